The Morgan fingerprint density at radius 3 is 2.75 bits per heavy atom. The monoisotopic (exact) mass is 331 g/mol. The van der Waals surface area contributed by atoms with Crippen LogP contribution in [0.1, 0.15) is 23.2 Å². The van der Waals surface area contributed by atoms with E-state index in [0.29, 0.717) is 24.6 Å². The molecule has 24 heavy (non-hydrogen) atoms. The SMILES string of the molecule is CCOc1ccc(NC(=O)c2cc(CN3CCOCC3)on2)cc1. The minimum atomic E-state index is -0.295. The van der Waals surface area contributed by atoms with Crippen molar-refractivity contribution in [3.8, 4) is 5.75 Å². The van der Waals surface area contributed by atoms with E-state index < -0.39 is 0 Å². The zero-order chi connectivity index (χ0) is 16.8. The number of amides is 1. The van der Waals surface area contributed by atoms with Crippen molar-refractivity contribution in [1.29, 1.82) is 0 Å². The van der Waals surface area contributed by atoms with Crippen molar-refractivity contribution >= 4 is 11.6 Å². The Bertz CT molecular complexity index is 663. The van der Waals surface area contributed by atoms with E-state index in [4.69, 9.17) is 14.0 Å². The molecule has 7 heteroatoms. The van der Waals surface area contributed by atoms with Crippen LogP contribution in [-0.4, -0.2) is 48.9 Å². The molecule has 1 aliphatic rings. The Hall–Kier alpha value is -2.38. The van der Waals surface area contributed by atoms with E-state index in [2.05, 4.69) is 15.4 Å². The van der Waals surface area contributed by atoms with Crippen LogP contribution in [0.25, 0.3) is 0 Å². The summed E-state index contributed by atoms with van der Waals surface area (Å²) in [5.41, 5.74) is 0.952. The Balaban J connectivity index is 1.56. The Morgan fingerprint density at radius 1 is 1.29 bits per heavy atom. The molecular formula is C17H21N3O4. The third kappa shape index (κ3) is 4.33. The second kappa shape index (κ2) is 7.94. The average Bonchev–Trinajstić information content (AvgIpc) is 3.06. The van der Waals surface area contributed by atoms with Gasteiger partial charge in [0.2, 0.25) is 0 Å². The van der Waals surface area contributed by atoms with E-state index in [1.54, 1.807) is 18.2 Å². The molecule has 0 unspecified atom stereocenters. The van der Waals surface area contributed by atoms with Crippen molar-refractivity contribution in [1.82, 2.24) is 10.1 Å². The standard InChI is InChI=1S/C17H21N3O4/c1-2-23-14-5-3-13(4-6-14)18-17(21)16-11-15(24-19-16)12-20-7-9-22-10-8-20/h3-6,11H,2,7-10,12H2,1H3,(H,18,21). The molecular weight excluding hydrogens is 310 g/mol. The van der Waals surface area contributed by atoms with Gasteiger partial charge in [-0.1, -0.05) is 5.16 Å². The van der Waals surface area contributed by atoms with Gasteiger partial charge in [0.05, 0.1) is 26.4 Å². The molecule has 0 atom stereocenters. The van der Waals surface area contributed by atoms with Gasteiger partial charge < -0.3 is 19.3 Å². The molecule has 2 heterocycles. The molecule has 2 aromatic rings. The van der Waals surface area contributed by atoms with Gasteiger partial charge in [0, 0.05) is 24.8 Å². The highest BCUT2D eigenvalue weighted by Crippen LogP contribution is 2.17. The topological polar surface area (TPSA) is 76.8 Å². The Kier molecular flexibility index (Phi) is 5.45. The fourth-order valence-corrected chi connectivity index (χ4v) is 2.47. The Labute approximate surface area is 140 Å². The molecule has 1 aromatic carbocycles. The summed E-state index contributed by atoms with van der Waals surface area (Å²) in [4.78, 5) is 14.4. The van der Waals surface area contributed by atoms with Crippen molar-refractivity contribution in [2.45, 2.75) is 13.5 Å². The number of carbonyl (C=O) groups excluding carboxylic acids is 1. The van der Waals surface area contributed by atoms with Crippen LogP contribution in [-0.2, 0) is 11.3 Å². The van der Waals surface area contributed by atoms with Gasteiger partial charge >= 0.3 is 0 Å². The third-order valence-corrected chi connectivity index (χ3v) is 3.70. The lowest BCUT2D eigenvalue weighted by molar-refractivity contribution is 0.0305. The number of morpholine rings is 1. The van der Waals surface area contributed by atoms with Crippen LogP contribution in [0.5, 0.6) is 5.75 Å². The summed E-state index contributed by atoms with van der Waals surface area (Å²) in [6.45, 7) is 6.32. The van der Waals surface area contributed by atoms with E-state index >= 15 is 0 Å². The zero-order valence-electron chi connectivity index (χ0n) is 13.7. The highest BCUT2D eigenvalue weighted by atomic mass is 16.5. The molecule has 0 spiro atoms. The fraction of sp³-hybridized carbons (Fsp3) is 0.412. The van der Waals surface area contributed by atoms with E-state index in [9.17, 15) is 4.79 Å². The summed E-state index contributed by atoms with van der Waals surface area (Å²) in [6.07, 6.45) is 0. The van der Waals surface area contributed by atoms with Crippen LogP contribution in [0, 0.1) is 0 Å². The van der Waals surface area contributed by atoms with Crippen LogP contribution in [0.15, 0.2) is 34.9 Å². The normalized spacial score (nSPS) is 15.2. The van der Waals surface area contributed by atoms with Gasteiger partial charge in [-0.15, -0.1) is 0 Å². The quantitative estimate of drug-likeness (QED) is 0.874. The van der Waals surface area contributed by atoms with E-state index in [1.807, 2.05) is 19.1 Å². The number of nitrogens with one attached hydrogen (secondary N) is 1. The number of anilines is 1. The molecule has 1 fully saturated rings. The number of carbonyl (C=O) groups is 1. The van der Waals surface area contributed by atoms with Crippen molar-refractivity contribution in [3.63, 3.8) is 0 Å². The minimum absolute atomic E-state index is 0.271. The largest absolute Gasteiger partial charge is 0.494 e. The Morgan fingerprint density at radius 2 is 2.04 bits per heavy atom. The van der Waals surface area contributed by atoms with Crippen LogP contribution < -0.4 is 10.1 Å². The first-order valence-electron chi connectivity index (χ1n) is 8.04. The predicted molar refractivity (Wildman–Crippen MR) is 88.2 cm³/mol. The number of rotatable bonds is 6. The summed E-state index contributed by atoms with van der Waals surface area (Å²) in [6, 6.07) is 8.88. The van der Waals surface area contributed by atoms with E-state index in [1.165, 1.54) is 0 Å². The molecule has 128 valence electrons. The molecule has 0 saturated carbocycles. The lowest BCUT2D eigenvalue weighted by Crippen LogP contribution is -2.35. The van der Waals surface area contributed by atoms with Gasteiger partial charge in [-0.3, -0.25) is 9.69 Å². The van der Waals surface area contributed by atoms with Crippen molar-refractivity contribution in [2.24, 2.45) is 0 Å². The molecule has 1 amide bonds. The van der Waals surface area contributed by atoms with E-state index in [0.717, 1.165) is 32.1 Å². The van der Waals surface area contributed by atoms with Crippen molar-refractivity contribution in [3.05, 3.63) is 41.8 Å². The van der Waals surface area contributed by atoms with E-state index in [-0.39, 0.29) is 11.6 Å². The van der Waals surface area contributed by atoms with Gasteiger partial charge in [0.15, 0.2) is 11.5 Å². The van der Waals surface area contributed by atoms with Gasteiger partial charge in [0.1, 0.15) is 5.75 Å². The maximum atomic E-state index is 12.2. The molecule has 1 aliphatic heterocycles. The van der Waals surface area contributed by atoms with Gasteiger partial charge in [-0.2, -0.15) is 0 Å². The van der Waals surface area contributed by atoms with Crippen LogP contribution in [0.4, 0.5) is 5.69 Å². The van der Waals surface area contributed by atoms with Crippen molar-refractivity contribution < 1.29 is 18.8 Å². The second-order valence-corrected chi connectivity index (χ2v) is 5.48. The summed E-state index contributed by atoms with van der Waals surface area (Å²) in [5, 5.41) is 6.65. The van der Waals surface area contributed by atoms with Crippen molar-refractivity contribution in [2.75, 3.05) is 38.2 Å². The van der Waals surface area contributed by atoms with Crippen LogP contribution in [0.3, 0.4) is 0 Å². The molecule has 0 aliphatic carbocycles. The molecule has 0 radical (unpaired) electrons. The molecule has 0 bridgehead atoms. The lowest BCUT2D eigenvalue weighted by atomic mass is 10.2. The molecule has 3 rings (SSSR count). The second-order valence-electron chi connectivity index (χ2n) is 5.48. The number of nitrogens with zero attached hydrogens (tertiary/aromatic N) is 2. The molecule has 7 nitrogen and oxygen atoms in total. The highest BCUT2D eigenvalue weighted by Gasteiger charge is 2.16. The number of ether oxygens (including phenoxy) is 2. The summed E-state index contributed by atoms with van der Waals surface area (Å²) >= 11 is 0. The zero-order valence-corrected chi connectivity index (χ0v) is 13.7. The number of hydrogen-bond donors (Lipinski definition) is 1. The van der Waals surface area contributed by atoms with Gasteiger partial charge in [-0.25, -0.2) is 0 Å². The first-order valence-corrected chi connectivity index (χ1v) is 8.04. The number of aromatic nitrogens is 1. The molecule has 1 N–H and O–H groups in total. The number of hydrogen-bond acceptors (Lipinski definition) is 6. The minimum Gasteiger partial charge on any atom is -0.494 e. The highest BCUT2D eigenvalue weighted by molar-refractivity contribution is 6.02. The van der Waals surface area contributed by atoms with Crippen LogP contribution >= 0.6 is 0 Å². The van der Waals surface area contributed by atoms with Crippen LogP contribution in [0.2, 0.25) is 0 Å². The molecule has 1 saturated heterocycles. The lowest BCUT2D eigenvalue weighted by Gasteiger charge is -2.25. The maximum absolute atomic E-state index is 12.2. The summed E-state index contributed by atoms with van der Waals surface area (Å²) in [7, 11) is 0. The predicted octanol–water partition coefficient (Wildman–Crippen LogP) is 2.16. The summed E-state index contributed by atoms with van der Waals surface area (Å²) in [5.74, 6) is 1.15. The smallest absolute Gasteiger partial charge is 0.277 e. The maximum Gasteiger partial charge on any atom is 0.277 e. The third-order valence-electron chi connectivity index (χ3n) is 3.70. The average molecular weight is 331 g/mol. The van der Waals surface area contributed by atoms with Gasteiger partial charge in [0.25, 0.3) is 5.91 Å². The molecule has 1 aromatic heterocycles. The summed E-state index contributed by atoms with van der Waals surface area (Å²) < 4.78 is 15.9. The fourth-order valence-electron chi connectivity index (χ4n) is 2.47. The number of benzene rings is 1. The first kappa shape index (κ1) is 16.5. The van der Waals surface area contributed by atoms with Gasteiger partial charge in [-0.05, 0) is 31.2 Å². The first-order chi connectivity index (χ1) is 11.7.